The molecule has 0 saturated carbocycles. The van der Waals surface area contributed by atoms with Crippen LogP contribution in [0.1, 0.15) is 38.8 Å². The Hall–Kier alpha value is -1.82. The number of nitrogens with zero attached hydrogens (tertiary/aromatic N) is 1. The Labute approximate surface area is 115 Å². The van der Waals surface area contributed by atoms with Crippen LogP contribution in [0.5, 0.6) is 0 Å². The third-order valence-corrected chi connectivity index (χ3v) is 2.97. The molecule has 0 unspecified atom stereocenters. The largest absolute Gasteiger partial charge is 0.351 e. The molecule has 0 fully saturated rings. The van der Waals surface area contributed by atoms with E-state index in [-0.39, 0.29) is 5.91 Å². The van der Waals surface area contributed by atoms with Gasteiger partial charge in [-0.1, -0.05) is 38.1 Å². The molecule has 3 nitrogen and oxygen atoms in total. The maximum absolute atomic E-state index is 11.7. The highest BCUT2D eigenvalue weighted by Crippen LogP contribution is 2.14. The minimum absolute atomic E-state index is 0.235. The van der Waals surface area contributed by atoms with Crippen molar-refractivity contribution in [1.82, 2.24) is 5.32 Å². The number of hydrogen-bond donors (Lipinski definition) is 1. The van der Waals surface area contributed by atoms with Crippen LogP contribution in [-0.2, 0) is 17.8 Å². The molecule has 1 N–H and O–H groups in total. The van der Waals surface area contributed by atoms with E-state index in [1.54, 1.807) is 13.8 Å². The summed E-state index contributed by atoms with van der Waals surface area (Å²) in [6, 6.07) is 10.2. The summed E-state index contributed by atoms with van der Waals surface area (Å²) in [5.41, 5.74) is 1.38. The zero-order valence-corrected chi connectivity index (χ0v) is 12.2. The fourth-order valence-electron chi connectivity index (χ4n) is 1.72. The highest BCUT2D eigenvalue weighted by atomic mass is 16.2. The van der Waals surface area contributed by atoms with E-state index in [9.17, 15) is 4.79 Å². The van der Waals surface area contributed by atoms with E-state index in [0.29, 0.717) is 12.5 Å². The van der Waals surface area contributed by atoms with Crippen LogP contribution in [-0.4, -0.2) is 5.91 Å². The molecule has 1 amide bonds. The van der Waals surface area contributed by atoms with Gasteiger partial charge in [0.1, 0.15) is 5.41 Å². The molecule has 1 aromatic carbocycles. The van der Waals surface area contributed by atoms with Gasteiger partial charge in [-0.3, -0.25) is 4.79 Å². The van der Waals surface area contributed by atoms with E-state index in [2.05, 4.69) is 31.3 Å². The van der Waals surface area contributed by atoms with Crippen molar-refractivity contribution in [2.45, 2.75) is 40.7 Å². The lowest BCUT2D eigenvalue weighted by atomic mass is 9.94. The summed E-state index contributed by atoms with van der Waals surface area (Å²) < 4.78 is 0. The SMILES string of the molecule is CC(C)Cc1ccc(CNC(=O)C(C)(C)C#N)cc1. The first kappa shape index (κ1) is 15.2. The van der Waals surface area contributed by atoms with E-state index >= 15 is 0 Å². The highest BCUT2D eigenvalue weighted by molar-refractivity contribution is 5.84. The van der Waals surface area contributed by atoms with Crippen LogP contribution in [0.15, 0.2) is 24.3 Å². The van der Waals surface area contributed by atoms with E-state index in [1.807, 2.05) is 18.2 Å². The monoisotopic (exact) mass is 258 g/mol. The van der Waals surface area contributed by atoms with Crippen LogP contribution in [0.25, 0.3) is 0 Å². The lowest BCUT2D eigenvalue weighted by molar-refractivity contribution is -0.126. The molecule has 3 heteroatoms. The summed E-state index contributed by atoms with van der Waals surface area (Å²) in [5, 5.41) is 11.7. The Morgan fingerprint density at radius 2 is 1.79 bits per heavy atom. The molecule has 1 rings (SSSR count). The Kier molecular flexibility index (Phi) is 5.11. The van der Waals surface area contributed by atoms with Crippen LogP contribution in [0.4, 0.5) is 0 Å². The van der Waals surface area contributed by atoms with Gasteiger partial charge >= 0.3 is 0 Å². The second kappa shape index (κ2) is 6.38. The first-order valence-electron chi connectivity index (χ1n) is 6.62. The Bertz CT molecular complexity index is 467. The zero-order chi connectivity index (χ0) is 14.5. The third-order valence-electron chi connectivity index (χ3n) is 2.97. The second-order valence-corrected chi connectivity index (χ2v) is 5.83. The predicted molar refractivity (Wildman–Crippen MR) is 76.2 cm³/mol. The van der Waals surface area contributed by atoms with Crippen molar-refractivity contribution in [1.29, 1.82) is 5.26 Å². The van der Waals surface area contributed by atoms with E-state index < -0.39 is 5.41 Å². The predicted octanol–water partition coefficient (Wildman–Crippen LogP) is 3.05. The van der Waals surface area contributed by atoms with Crippen molar-refractivity contribution >= 4 is 5.91 Å². The van der Waals surface area contributed by atoms with Crippen LogP contribution in [0.3, 0.4) is 0 Å². The smallest absolute Gasteiger partial charge is 0.240 e. The van der Waals surface area contributed by atoms with E-state index in [1.165, 1.54) is 5.56 Å². The first-order chi connectivity index (χ1) is 8.85. The number of benzene rings is 1. The van der Waals surface area contributed by atoms with E-state index in [0.717, 1.165) is 12.0 Å². The number of carbonyl (C=O) groups excluding carboxylic acids is 1. The average molecular weight is 258 g/mol. The Balaban J connectivity index is 2.56. The van der Waals surface area contributed by atoms with Gasteiger partial charge in [-0.15, -0.1) is 0 Å². The van der Waals surface area contributed by atoms with Gasteiger partial charge in [-0.05, 0) is 37.3 Å². The Morgan fingerprint density at radius 3 is 2.26 bits per heavy atom. The summed E-state index contributed by atoms with van der Waals surface area (Å²) in [4.78, 5) is 11.7. The normalized spacial score (nSPS) is 11.2. The van der Waals surface area contributed by atoms with Gasteiger partial charge in [0.05, 0.1) is 6.07 Å². The van der Waals surface area contributed by atoms with Crippen molar-refractivity contribution in [3.05, 3.63) is 35.4 Å². The molecule has 19 heavy (non-hydrogen) atoms. The van der Waals surface area contributed by atoms with Gasteiger partial charge in [0.15, 0.2) is 0 Å². The van der Waals surface area contributed by atoms with Crippen molar-refractivity contribution in [3.8, 4) is 6.07 Å². The van der Waals surface area contributed by atoms with Gasteiger partial charge < -0.3 is 5.32 Å². The average Bonchev–Trinajstić information content (AvgIpc) is 2.36. The minimum atomic E-state index is -0.975. The molecule has 0 aliphatic rings. The molecule has 1 aromatic rings. The number of hydrogen-bond acceptors (Lipinski definition) is 2. The van der Waals surface area contributed by atoms with Crippen molar-refractivity contribution in [3.63, 3.8) is 0 Å². The van der Waals surface area contributed by atoms with Gasteiger partial charge in [0, 0.05) is 6.54 Å². The fourth-order valence-corrected chi connectivity index (χ4v) is 1.72. The standard InChI is InChI=1S/C16H22N2O/c1-12(2)9-13-5-7-14(8-6-13)10-18-15(19)16(3,4)11-17/h5-8,12H,9-10H2,1-4H3,(H,18,19). The molecule has 0 heterocycles. The summed E-state index contributed by atoms with van der Waals surface area (Å²) in [6.07, 6.45) is 1.06. The Morgan fingerprint density at radius 1 is 1.26 bits per heavy atom. The van der Waals surface area contributed by atoms with Gasteiger partial charge in [0.2, 0.25) is 5.91 Å². The van der Waals surface area contributed by atoms with Crippen LogP contribution in [0, 0.1) is 22.7 Å². The molecular formula is C16H22N2O. The number of nitrogens with one attached hydrogen (secondary N) is 1. The molecule has 0 atom stereocenters. The lowest BCUT2D eigenvalue weighted by Crippen LogP contribution is -2.35. The molecule has 0 saturated heterocycles. The highest BCUT2D eigenvalue weighted by Gasteiger charge is 2.26. The van der Waals surface area contributed by atoms with Gasteiger partial charge in [-0.2, -0.15) is 5.26 Å². The number of amides is 1. The summed E-state index contributed by atoms with van der Waals surface area (Å²) >= 11 is 0. The molecule has 0 radical (unpaired) electrons. The molecule has 102 valence electrons. The van der Waals surface area contributed by atoms with Gasteiger partial charge in [0.25, 0.3) is 0 Å². The second-order valence-electron chi connectivity index (χ2n) is 5.83. The van der Waals surface area contributed by atoms with Crippen molar-refractivity contribution < 1.29 is 4.79 Å². The number of rotatable bonds is 5. The molecule has 0 aliphatic heterocycles. The van der Waals surface area contributed by atoms with Crippen molar-refractivity contribution in [2.75, 3.05) is 0 Å². The van der Waals surface area contributed by atoms with Crippen LogP contribution >= 0.6 is 0 Å². The quantitative estimate of drug-likeness (QED) is 0.882. The molecule has 0 aromatic heterocycles. The fraction of sp³-hybridized carbons (Fsp3) is 0.500. The first-order valence-corrected chi connectivity index (χ1v) is 6.62. The van der Waals surface area contributed by atoms with Crippen molar-refractivity contribution in [2.24, 2.45) is 11.3 Å². The summed E-state index contributed by atoms with van der Waals surface area (Å²) in [6.45, 7) is 8.09. The maximum atomic E-state index is 11.7. The third kappa shape index (κ3) is 4.75. The lowest BCUT2D eigenvalue weighted by Gasteiger charge is -2.15. The zero-order valence-electron chi connectivity index (χ0n) is 12.2. The molecular weight excluding hydrogens is 236 g/mol. The maximum Gasteiger partial charge on any atom is 0.240 e. The van der Waals surface area contributed by atoms with E-state index in [4.69, 9.17) is 5.26 Å². The molecule has 0 bridgehead atoms. The summed E-state index contributed by atoms with van der Waals surface area (Å²) in [7, 11) is 0. The molecule has 0 aliphatic carbocycles. The number of carbonyl (C=O) groups is 1. The number of nitriles is 1. The molecule has 0 spiro atoms. The van der Waals surface area contributed by atoms with Crippen LogP contribution in [0.2, 0.25) is 0 Å². The minimum Gasteiger partial charge on any atom is -0.351 e. The summed E-state index contributed by atoms with van der Waals surface area (Å²) in [5.74, 6) is 0.406. The van der Waals surface area contributed by atoms with Gasteiger partial charge in [-0.25, -0.2) is 0 Å². The van der Waals surface area contributed by atoms with Crippen LogP contribution < -0.4 is 5.32 Å². The topological polar surface area (TPSA) is 52.9 Å².